The standard InChI is InChI=1S/C50H39N/c1-34(35-13-5-2-6-14-35)48-32-45(37-17-9-4-10-18-37)33-49(51-48)43-28-27-42-30-44-21-12-22-46(50(44)47(42)31-43)39-25-23-38(24-26-39)41-20-11-19-40(29-41)36-15-7-3-8-16-36/h2-29,31-34,49,51H,30H2,1H3. The Morgan fingerprint density at radius 1 is 0.490 bits per heavy atom. The van der Waals surface area contributed by atoms with Crippen LogP contribution in [0.4, 0.5) is 0 Å². The Bertz CT molecular complexity index is 2400. The maximum Gasteiger partial charge on any atom is 0.0704 e. The highest BCUT2D eigenvalue weighted by Crippen LogP contribution is 2.45. The summed E-state index contributed by atoms with van der Waals surface area (Å²) < 4.78 is 0. The SMILES string of the molecule is CC(C1=CC(c2ccccc2)=CC(c2ccc3c(c2)-c2c(cccc2-c2ccc(-c4cccc(-c5ccccc5)c4)cc2)C3)N1)c1ccccc1. The van der Waals surface area contributed by atoms with E-state index in [4.69, 9.17) is 0 Å². The van der Waals surface area contributed by atoms with Gasteiger partial charge in [0.05, 0.1) is 6.04 Å². The lowest BCUT2D eigenvalue weighted by atomic mass is 9.88. The van der Waals surface area contributed by atoms with Crippen LogP contribution >= 0.6 is 0 Å². The Kier molecular flexibility index (Phi) is 8.02. The Labute approximate surface area is 301 Å². The van der Waals surface area contributed by atoms with E-state index in [0.717, 1.165) is 6.42 Å². The van der Waals surface area contributed by atoms with Gasteiger partial charge in [0, 0.05) is 11.6 Å². The molecule has 0 saturated carbocycles. The van der Waals surface area contributed by atoms with E-state index in [-0.39, 0.29) is 12.0 Å². The fourth-order valence-electron chi connectivity index (χ4n) is 7.86. The lowest BCUT2D eigenvalue weighted by Crippen LogP contribution is -2.25. The molecule has 1 nitrogen and oxygen atoms in total. The Morgan fingerprint density at radius 3 is 1.82 bits per heavy atom. The molecule has 0 spiro atoms. The molecule has 0 bridgehead atoms. The molecule has 51 heavy (non-hydrogen) atoms. The molecule has 2 aliphatic rings. The summed E-state index contributed by atoms with van der Waals surface area (Å²) in [4.78, 5) is 0. The Balaban J connectivity index is 1.06. The predicted molar refractivity (Wildman–Crippen MR) is 214 cm³/mol. The topological polar surface area (TPSA) is 12.0 Å². The zero-order valence-corrected chi connectivity index (χ0v) is 28.8. The van der Waals surface area contributed by atoms with Crippen LogP contribution < -0.4 is 5.32 Å². The van der Waals surface area contributed by atoms with E-state index in [1.165, 1.54) is 83.6 Å². The van der Waals surface area contributed by atoms with Crippen molar-refractivity contribution in [1.82, 2.24) is 5.32 Å². The van der Waals surface area contributed by atoms with Crippen molar-refractivity contribution in [1.29, 1.82) is 0 Å². The lowest BCUT2D eigenvalue weighted by molar-refractivity contribution is 0.649. The molecule has 1 aliphatic heterocycles. The van der Waals surface area contributed by atoms with Gasteiger partial charge < -0.3 is 5.32 Å². The van der Waals surface area contributed by atoms with Crippen molar-refractivity contribution in [3.05, 3.63) is 222 Å². The van der Waals surface area contributed by atoms with Gasteiger partial charge in [-0.15, -0.1) is 0 Å². The van der Waals surface area contributed by atoms with Gasteiger partial charge in [-0.3, -0.25) is 0 Å². The van der Waals surface area contributed by atoms with E-state index in [1.807, 2.05) is 0 Å². The number of allylic oxidation sites excluding steroid dienone is 3. The summed E-state index contributed by atoms with van der Waals surface area (Å²) >= 11 is 0. The first kappa shape index (κ1) is 30.8. The average Bonchev–Trinajstić information content (AvgIpc) is 3.60. The van der Waals surface area contributed by atoms with Crippen molar-refractivity contribution in [2.24, 2.45) is 0 Å². The van der Waals surface area contributed by atoms with Crippen LogP contribution in [0, 0.1) is 0 Å². The van der Waals surface area contributed by atoms with E-state index in [1.54, 1.807) is 0 Å². The third-order valence-electron chi connectivity index (χ3n) is 10.6. The minimum absolute atomic E-state index is 0.0545. The number of rotatable bonds is 7. The molecule has 244 valence electrons. The quantitative estimate of drug-likeness (QED) is 0.180. The van der Waals surface area contributed by atoms with Crippen molar-refractivity contribution in [2.75, 3.05) is 0 Å². The minimum atomic E-state index is 0.0545. The van der Waals surface area contributed by atoms with Crippen molar-refractivity contribution in [3.8, 4) is 44.5 Å². The summed E-state index contributed by atoms with van der Waals surface area (Å²) in [5.74, 6) is 0.242. The highest BCUT2D eigenvalue weighted by atomic mass is 14.9. The van der Waals surface area contributed by atoms with Crippen molar-refractivity contribution >= 4 is 5.57 Å². The van der Waals surface area contributed by atoms with E-state index in [0.29, 0.717) is 0 Å². The molecule has 1 aliphatic carbocycles. The summed E-state index contributed by atoms with van der Waals surface area (Å²) in [5.41, 5.74) is 19.3. The van der Waals surface area contributed by atoms with Gasteiger partial charge in [-0.05, 0) is 109 Å². The zero-order valence-electron chi connectivity index (χ0n) is 28.8. The van der Waals surface area contributed by atoms with E-state index >= 15 is 0 Å². The molecule has 0 fully saturated rings. The van der Waals surface area contributed by atoms with Crippen LogP contribution in [0.2, 0.25) is 0 Å². The first-order valence-corrected chi connectivity index (χ1v) is 18.0. The zero-order chi connectivity index (χ0) is 34.1. The van der Waals surface area contributed by atoms with Gasteiger partial charge in [-0.25, -0.2) is 0 Å². The molecule has 1 N–H and O–H groups in total. The largest absolute Gasteiger partial charge is 0.377 e. The van der Waals surface area contributed by atoms with Crippen LogP contribution in [0.25, 0.3) is 50.1 Å². The second kappa shape index (κ2) is 13.3. The third kappa shape index (κ3) is 6.02. The summed E-state index contributed by atoms with van der Waals surface area (Å²) in [6.07, 6.45) is 5.69. The molecule has 1 heterocycles. The first-order valence-electron chi connectivity index (χ1n) is 18.0. The fraction of sp³-hybridized carbons (Fsp3) is 0.0800. The highest BCUT2D eigenvalue weighted by molar-refractivity contribution is 5.91. The Morgan fingerprint density at radius 2 is 1.10 bits per heavy atom. The molecule has 9 rings (SSSR count). The summed E-state index contributed by atoms with van der Waals surface area (Å²) in [7, 11) is 0. The maximum atomic E-state index is 3.95. The van der Waals surface area contributed by atoms with E-state index in [9.17, 15) is 0 Å². The number of nitrogens with one attached hydrogen (secondary N) is 1. The fourth-order valence-corrected chi connectivity index (χ4v) is 7.86. The molecule has 7 aromatic carbocycles. The first-order chi connectivity index (χ1) is 25.2. The van der Waals surface area contributed by atoms with Crippen LogP contribution in [0.1, 0.15) is 46.7 Å². The number of dihydropyridines is 1. The van der Waals surface area contributed by atoms with Gasteiger partial charge in [0.1, 0.15) is 0 Å². The second-order valence-electron chi connectivity index (χ2n) is 13.8. The minimum Gasteiger partial charge on any atom is -0.377 e. The highest BCUT2D eigenvalue weighted by Gasteiger charge is 2.26. The van der Waals surface area contributed by atoms with Crippen LogP contribution in [0.5, 0.6) is 0 Å². The van der Waals surface area contributed by atoms with Crippen LogP contribution in [-0.4, -0.2) is 0 Å². The van der Waals surface area contributed by atoms with Gasteiger partial charge in [0.15, 0.2) is 0 Å². The molecular formula is C50H39N. The molecule has 1 heteroatoms. The smallest absolute Gasteiger partial charge is 0.0704 e. The number of hydrogen-bond donors (Lipinski definition) is 1. The predicted octanol–water partition coefficient (Wildman–Crippen LogP) is 12.7. The number of hydrogen-bond acceptors (Lipinski definition) is 1. The van der Waals surface area contributed by atoms with Crippen molar-refractivity contribution in [3.63, 3.8) is 0 Å². The molecule has 2 unspecified atom stereocenters. The van der Waals surface area contributed by atoms with Crippen molar-refractivity contribution in [2.45, 2.75) is 25.3 Å². The van der Waals surface area contributed by atoms with E-state index < -0.39 is 0 Å². The summed E-state index contributed by atoms with van der Waals surface area (Å²) in [5, 5.41) is 3.95. The molecular weight excluding hydrogens is 615 g/mol. The molecule has 0 saturated heterocycles. The van der Waals surface area contributed by atoms with Crippen LogP contribution in [0.3, 0.4) is 0 Å². The molecule has 7 aromatic rings. The number of fused-ring (bicyclic) bond motifs is 3. The monoisotopic (exact) mass is 653 g/mol. The number of benzene rings is 7. The third-order valence-corrected chi connectivity index (χ3v) is 10.6. The molecule has 2 atom stereocenters. The summed E-state index contributed by atoms with van der Waals surface area (Å²) in [6.45, 7) is 2.30. The van der Waals surface area contributed by atoms with Crippen LogP contribution in [0.15, 0.2) is 194 Å². The normalized spacial score (nSPS) is 15.2. The van der Waals surface area contributed by atoms with E-state index in [2.05, 4.69) is 200 Å². The van der Waals surface area contributed by atoms with Gasteiger partial charge in [0.2, 0.25) is 0 Å². The molecule has 0 aromatic heterocycles. The second-order valence-corrected chi connectivity index (χ2v) is 13.8. The van der Waals surface area contributed by atoms with Gasteiger partial charge in [0.25, 0.3) is 0 Å². The lowest BCUT2D eigenvalue weighted by Gasteiger charge is -2.29. The molecule has 0 amide bonds. The molecule has 0 radical (unpaired) electrons. The van der Waals surface area contributed by atoms with Crippen molar-refractivity contribution < 1.29 is 0 Å². The summed E-state index contributed by atoms with van der Waals surface area (Å²) in [6, 6.07) is 64.2. The average molecular weight is 654 g/mol. The van der Waals surface area contributed by atoms with Gasteiger partial charge in [-0.2, -0.15) is 0 Å². The van der Waals surface area contributed by atoms with Crippen LogP contribution in [-0.2, 0) is 6.42 Å². The Hall–Kier alpha value is -6.18. The van der Waals surface area contributed by atoms with Gasteiger partial charge in [-0.1, -0.05) is 171 Å². The van der Waals surface area contributed by atoms with Gasteiger partial charge >= 0.3 is 0 Å². The maximum absolute atomic E-state index is 3.95.